The summed E-state index contributed by atoms with van der Waals surface area (Å²) in [4.78, 5) is 24.2. The number of hydrogen-bond donors (Lipinski definition) is 1. The number of methoxy groups -OCH3 is 1. The monoisotopic (exact) mass is 713 g/mol. The number of allylic oxidation sites excluding steroid dienone is 2. The maximum absolute atomic E-state index is 14.0. The number of rotatable bonds is 11. The molecule has 0 bridgehead atoms. The Kier molecular flexibility index (Phi) is 11.1. The minimum Gasteiger partial charge on any atom is -0.437 e. The third kappa shape index (κ3) is 7.05. The molecule has 1 aliphatic heterocycles. The van der Waals surface area contributed by atoms with Crippen molar-refractivity contribution in [2.24, 2.45) is 0 Å². The van der Waals surface area contributed by atoms with E-state index in [2.05, 4.69) is 14.8 Å². The van der Waals surface area contributed by atoms with Crippen molar-refractivity contribution in [1.29, 1.82) is 0 Å². The molecule has 1 atom stereocenters. The molecule has 7 nitrogen and oxygen atoms in total. The second kappa shape index (κ2) is 13.3. The Morgan fingerprint density at radius 1 is 0.761 bits per heavy atom. The fourth-order valence-corrected chi connectivity index (χ4v) is 4.12. The molecule has 0 amide bonds. The van der Waals surface area contributed by atoms with Gasteiger partial charge in [0.25, 0.3) is 0 Å². The van der Waals surface area contributed by atoms with Gasteiger partial charge in [0.05, 0.1) is 25.1 Å². The molecule has 21 heteroatoms. The molecule has 46 heavy (non-hydrogen) atoms. The number of ether oxygens (including phenoxy) is 4. The molecule has 1 aliphatic rings. The van der Waals surface area contributed by atoms with Crippen LogP contribution in [0.3, 0.4) is 0 Å². The van der Waals surface area contributed by atoms with Gasteiger partial charge in [-0.05, 0) is 31.9 Å². The van der Waals surface area contributed by atoms with Crippen LogP contribution in [0.5, 0.6) is 0 Å². The minimum absolute atomic E-state index is 0.0500. The first-order chi connectivity index (χ1) is 20.8. The number of carbonyl (C=O) groups is 2. The summed E-state index contributed by atoms with van der Waals surface area (Å²) in [5.41, 5.74) is 0.412. The van der Waals surface area contributed by atoms with Crippen molar-refractivity contribution in [1.82, 2.24) is 5.32 Å². The molecule has 260 valence electrons. The lowest BCUT2D eigenvalue weighted by atomic mass is 9.90. The lowest BCUT2D eigenvalue weighted by Crippen LogP contribution is -2.70. The number of nitrogens with one attached hydrogen (secondary N) is 1. The highest BCUT2D eigenvalue weighted by atomic mass is 35.5. The van der Waals surface area contributed by atoms with Crippen molar-refractivity contribution in [3.8, 4) is 0 Å². The molecule has 0 spiro atoms. The van der Waals surface area contributed by atoms with Gasteiger partial charge >= 0.3 is 48.1 Å². The van der Waals surface area contributed by atoms with Crippen LogP contribution in [0.2, 0.25) is 5.02 Å². The zero-order chi connectivity index (χ0) is 35.7. The largest absolute Gasteiger partial charge is 0.513 e. The van der Waals surface area contributed by atoms with Crippen LogP contribution in [0, 0.1) is 0 Å². The van der Waals surface area contributed by atoms with Crippen molar-refractivity contribution < 1.29 is 85.6 Å². The maximum atomic E-state index is 14.0. The zero-order valence-electron chi connectivity index (χ0n) is 23.2. The number of carbonyl (C=O) groups excluding carboxylic acids is 2. The Labute approximate surface area is 255 Å². The highest BCUT2D eigenvalue weighted by Crippen LogP contribution is 2.60. The zero-order valence-corrected chi connectivity index (χ0v) is 24.0. The quantitative estimate of drug-likeness (QED) is 0.139. The Morgan fingerprint density at radius 2 is 1.24 bits per heavy atom. The van der Waals surface area contributed by atoms with Gasteiger partial charge in [0, 0.05) is 11.4 Å². The van der Waals surface area contributed by atoms with Crippen LogP contribution in [0.25, 0.3) is 0 Å². The summed E-state index contributed by atoms with van der Waals surface area (Å²) < 4.78 is 192. The lowest BCUT2D eigenvalue weighted by Gasteiger charge is -2.39. The summed E-state index contributed by atoms with van der Waals surface area (Å²) in [5.74, 6) is -39.5. The first kappa shape index (κ1) is 38.6. The first-order valence-corrected chi connectivity index (χ1v) is 12.7. The number of benzene rings is 1. The van der Waals surface area contributed by atoms with Crippen LogP contribution in [0.15, 0.2) is 47.2 Å². The van der Waals surface area contributed by atoms with E-state index in [1.165, 1.54) is 38.1 Å². The standard InChI is InChI=1S/C25H21ClF13NO6/c1-11-16(45-18(41)43-3)15(13-7-4-5-8-14(13)26)17(12(2)40-11)46-19(42)44-10-6-9-20(27,28)21(29,30)22(31,32)23(33,34)24(35,36)25(37,38)39/h4-5,7-8,15,40H,6,9-10H2,1-3H3. The maximum Gasteiger partial charge on any atom is 0.513 e. The third-order valence-corrected chi connectivity index (χ3v) is 6.61. The number of hydrogen-bond acceptors (Lipinski definition) is 7. The third-order valence-electron chi connectivity index (χ3n) is 6.26. The fourth-order valence-electron chi connectivity index (χ4n) is 3.88. The van der Waals surface area contributed by atoms with Crippen LogP contribution in [0.4, 0.5) is 66.7 Å². The first-order valence-electron chi connectivity index (χ1n) is 12.3. The molecule has 0 saturated carbocycles. The van der Waals surface area contributed by atoms with Crippen molar-refractivity contribution >= 4 is 23.9 Å². The summed E-state index contributed by atoms with van der Waals surface area (Å²) in [6.45, 7) is 1.40. The van der Waals surface area contributed by atoms with Gasteiger partial charge in [0.2, 0.25) is 0 Å². The number of dihydropyridines is 1. The molecule has 0 fully saturated rings. The van der Waals surface area contributed by atoms with Crippen LogP contribution in [0.1, 0.15) is 38.2 Å². The molecule has 2 rings (SSSR count). The average Bonchev–Trinajstić information content (AvgIpc) is 2.93. The van der Waals surface area contributed by atoms with Gasteiger partial charge in [0.1, 0.15) is 17.4 Å². The summed E-state index contributed by atoms with van der Waals surface area (Å²) >= 11 is 6.24. The van der Waals surface area contributed by atoms with E-state index >= 15 is 0 Å². The molecule has 1 N–H and O–H groups in total. The molecular formula is C25H21ClF13NO6. The molecule has 1 heterocycles. The second-order valence-electron chi connectivity index (χ2n) is 9.42. The van der Waals surface area contributed by atoms with Crippen LogP contribution >= 0.6 is 11.6 Å². The second-order valence-corrected chi connectivity index (χ2v) is 9.83. The van der Waals surface area contributed by atoms with Crippen LogP contribution in [-0.2, 0) is 18.9 Å². The predicted molar refractivity (Wildman–Crippen MR) is 129 cm³/mol. The number of halogens is 14. The molecule has 0 aromatic heterocycles. The fraction of sp³-hybridized carbons (Fsp3) is 0.520. The molecule has 1 aromatic rings. The summed E-state index contributed by atoms with van der Waals surface area (Å²) in [6, 6.07) is 5.81. The van der Waals surface area contributed by atoms with E-state index in [0.29, 0.717) is 0 Å². The molecule has 0 radical (unpaired) electrons. The molecule has 1 aromatic carbocycles. The predicted octanol–water partition coefficient (Wildman–Crippen LogP) is 8.94. The van der Waals surface area contributed by atoms with E-state index in [9.17, 15) is 66.7 Å². The van der Waals surface area contributed by atoms with Gasteiger partial charge in [-0.3, -0.25) is 0 Å². The van der Waals surface area contributed by atoms with Crippen molar-refractivity contribution in [3.63, 3.8) is 0 Å². The summed E-state index contributed by atoms with van der Waals surface area (Å²) in [6.07, 6.45) is -14.6. The smallest absolute Gasteiger partial charge is 0.437 e. The summed E-state index contributed by atoms with van der Waals surface area (Å²) in [5, 5.41) is 2.75. The van der Waals surface area contributed by atoms with Crippen molar-refractivity contribution in [2.75, 3.05) is 13.7 Å². The average molecular weight is 714 g/mol. The van der Waals surface area contributed by atoms with Crippen LogP contribution < -0.4 is 5.32 Å². The molecule has 0 aliphatic carbocycles. The van der Waals surface area contributed by atoms with Gasteiger partial charge in [-0.25, -0.2) is 9.59 Å². The Hall–Kier alpha value is -3.58. The van der Waals surface area contributed by atoms with Crippen LogP contribution in [-0.4, -0.2) is 61.8 Å². The molecule has 1 unspecified atom stereocenters. The van der Waals surface area contributed by atoms with E-state index < -0.39 is 73.5 Å². The van der Waals surface area contributed by atoms with E-state index in [1.54, 1.807) is 0 Å². The van der Waals surface area contributed by atoms with Gasteiger partial charge in [0.15, 0.2) is 0 Å². The van der Waals surface area contributed by atoms with Crippen molar-refractivity contribution in [3.05, 3.63) is 57.8 Å². The Balaban J connectivity index is 2.21. The Bertz CT molecular complexity index is 1380. The highest BCUT2D eigenvalue weighted by Gasteiger charge is 2.90. The van der Waals surface area contributed by atoms with Gasteiger partial charge in [-0.1, -0.05) is 29.8 Å². The van der Waals surface area contributed by atoms with E-state index in [4.69, 9.17) is 21.1 Å². The molecular weight excluding hydrogens is 693 g/mol. The lowest BCUT2D eigenvalue weighted by molar-refractivity contribution is -0.440. The Morgan fingerprint density at radius 3 is 1.72 bits per heavy atom. The number of alkyl halides is 13. The topological polar surface area (TPSA) is 83.1 Å². The highest BCUT2D eigenvalue weighted by molar-refractivity contribution is 6.31. The van der Waals surface area contributed by atoms with E-state index in [1.807, 2.05) is 0 Å². The van der Waals surface area contributed by atoms with E-state index in [-0.39, 0.29) is 33.5 Å². The minimum atomic E-state index is -8.02. The molecule has 0 saturated heterocycles. The normalized spacial score (nSPS) is 17.0. The van der Waals surface area contributed by atoms with Gasteiger partial charge in [-0.2, -0.15) is 57.1 Å². The van der Waals surface area contributed by atoms with Crippen molar-refractivity contribution in [2.45, 2.75) is 68.4 Å². The van der Waals surface area contributed by atoms with Gasteiger partial charge < -0.3 is 24.3 Å². The SMILES string of the molecule is COC(=O)OC1=C(C)NC(C)=C(OC(=O)OCCCC(F)(F)C(F)(F)C(F)(F)C(F)(F)C(F)(F)C(F)(F)F)C1c1ccccc1Cl. The summed E-state index contributed by atoms with van der Waals surface area (Å²) in [7, 11) is 0.971. The van der Waals surface area contributed by atoms with E-state index in [0.717, 1.165) is 7.11 Å². The van der Waals surface area contributed by atoms with Gasteiger partial charge in [-0.15, -0.1) is 0 Å².